The van der Waals surface area contributed by atoms with Crippen LogP contribution in [0.15, 0.2) is 28.7 Å². The van der Waals surface area contributed by atoms with E-state index in [0.29, 0.717) is 0 Å². The average Bonchev–Trinajstić information content (AvgIpc) is 2.17. The Morgan fingerprint density at radius 3 is 2.31 bits per heavy atom. The van der Waals surface area contributed by atoms with Crippen LogP contribution in [0.1, 0.15) is 19.4 Å². The van der Waals surface area contributed by atoms with Crippen molar-refractivity contribution in [1.29, 1.82) is 0 Å². The van der Waals surface area contributed by atoms with Gasteiger partial charge in [-0.05, 0) is 24.7 Å². The summed E-state index contributed by atoms with van der Waals surface area (Å²) in [5.74, 6) is 0. The van der Waals surface area contributed by atoms with E-state index in [1.807, 2.05) is 0 Å². The Morgan fingerprint density at radius 1 is 1.15 bits per heavy atom. The lowest BCUT2D eigenvalue weighted by Gasteiger charge is -2.18. The zero-order chi connectivity index (χ0) is 9.68. The minimum Gasteiger partial charge on any atom is -0.300 e. The molecule has 0 aromatic heterocycles. The van der Waals surface area contributed by atoms with Crippen molar-refractivity contribution >= 4 is 15.9 Å². The van der Waals surface area contributed by atoms with Crippen molar-refractivity contribution in [3.05, 3.63) is 34.3 Å². The summed E-state index contributed by atoms with van der Waals surface area (Å²) >= 11 is 3.56. The van der Waals surface area contributed by atoms with Gasteiger partial charge in [-0.3, -0.25) is 4.90 Å². The molecule has 0 aliphatic heterocycles. The molecule has 0 bridgehead atoms. The lowest BCUT2D eigenvalue weighted by atomic mass is 10.2. The first-order valence-corrected chi connectivity index (χ1v) is 5.53. The molecule has 0 N–H and O–H groups in total. The second kappa shape index (κ2) is 5.40. The Morgan fingerprint density at radius 2 is 1.77 bits per heavy atom. The van der Waals surface area contributed by atoms with E-state index in [0.717, 1.165) is 19.6 Å². The summed E-state index contributed by atoms with van der Waals surface area (Å²) in [5, 5.41) is 0. The molecule has 0 saturated carbocycles. The van der Waals surface area contributed by atoms with Gasteiger partial charge in [-0.1, -0.05) is 48.0 Å². The van der Waals surface area contributed by atoms with Crippen LogP contribution in [0.2, 0.25) is 0 Å². The van der Waals surface area contributed by atoms with Crippen molar-refractivity contribution in [3.8, 4) is 0 Å². The molecule has 1 aromatic carbocycles. The minimum absolute atomic E-state index is 1.04. The first-order valence-electron chi connectivity index (χ1n) is 4.73. The van der Waals surface area contributed by atoms with Gasteiger partial charge in [-0.25, -0.2) is 0 Å². The van der Waals surface area contributed by atoms with Crippen LogP contribution in [0.25, 0.3) is 0 Å². The van der Waals surface area contributed by atoms with E-state index in [1.165, 1.54) is 10.0 Å². The molecule has 1 nitrogen and oxygen atoms in total. The van der Waals surface area contributed by atoms with Crippen LogP contribution in [0, 0.1) is 0 Å². The maximum Gasteiger partial charge on any atom is 0.0244 e. The summed E-state index contributed by atoms with van der Waals surface area (Å²) in [5.41, 5.74) is 1.37. The van der Waals surface area contributed by atoms with Crippen LogP contribution in [-0.4, -0.2) is 18.0 Å². The lowest BCUT2D eigenvalue weighted by Crippen LogP contribution is -2.22. The highest BCUT2D eigenvalue weighted by Gasteiger charge is 2.03. The van der Waals surface area contributed by atoms with E-state index in [2.05, 4.69) is 58.9 Å². The van der Waals surface area contributed by atoms with Gasteiger partial charge >= 0.3 is 0 Å². The fourth-order valence-electron chi connectivity index (χ4n) is 1.31. The van der Waals surface area contributed by atoms with E-state index in [9.17, 15) is 0 Å². The molecule has 1 aromatic rings. The largest absolute Gasteiger partial charge is 0.300 e. The van der Waals surface area contributed by atoms with Gasteiger partial charge in [-0.15, -0.1) is 0 Å². The zero-order valence-corrected chi connectivity index (χ0v) is 9.84. The molecule has 0 aliphatic carbocycles. The minimum atomic E-state index is 1.04. The van der Waals surface area contributed by atoms with Gasteiger partial charge in [0.25, 0.3) is 0 Å². The second-order valence-electron chi connectivity index (χ2n) is 3.05. The second-order valence-corrected chi connectivity index (χ2v) is 3.91. The van der Waals surface area contributed by atoms with Crippen molar-refractivity contribution in [2.24, 2.45) is 0 Å². The molecule has 72 valence electrons. The van der Waals surface area contributed by atoms with Crippen molar-refractivity contribution in [2.75, 3.05) is 13.1 Å². The number of rotatable bonds is 4. The van der Waals surface area contributed by atoms with E-state index >= 15 is 0 Å². The molecule has 0 atom stereocenters. The molecular weight excluding hydrogens is 226 g/mol. The first-order chi connectivity index (χ1) is 6.27. The highest BCUT2D eigenvalue weighted by atomic mass is 79.9. The molecule has 2 heteroatoms. The molecule has 0 fully saturated rings. The number of hydrogen-bond acceptors (Lipinski definition) is 1. The van der Waals surface area contributed by atoms with E-state index < -0.39 is 0 Å². The lowest BCUT2D eigenvalue weighted by molar-refractivity contribution is 0.295. The summed E-state index contributed by atoms with van der Waals surface area (Å²) in [7, 11) is 0. The molecular formula is C11H16BrN. The predicted molar refractivity (Wildman–Crippen MR) is 60.8 cm³/mol. The molecule has 0 amide bonds. The highest BCUT2D eigenvalue weighted by Crippen LogP contribution is 2.17. The fraction of sp³-hybridized carbons (Fsp3) is 0.455. The van der Waals surface area contributed by atoms with Crippen LogP contribution in [0.3, 0.4) is 0 Å². The molecule has 0 aliphatic rings. The first kappa shape index (κ1) is 10.7. The van der Waals surface area contributed by atoms with Crippen molar-refractivity contribution in [1.82, 2.24) is 4.90 Å². The Kier molecular flexibility index (Phi) is 4.46. The summed E-state index contributed by atoms with van der Waals surface area (Å²) < 4.78 is 1.21. The molecule has 0 saturated heterocycles. The van der Waals surface area contributed by atoms with Gasteiger partial charge in [0.2, 0.25) is 0 Å². The Labute approximate surface area is 88.9 Å². The predicted octanol–water partition coefficient (Wildman–Crippen LogP) is 3.29. The quantitative estimate of drug-likeness (QED) is 0.783. The van der Waals surface area contributed by atoms with Crippen molar-refractivity contribution < 1.29 is 0 Å². The van der Waals surface area contributed by atoms with E-state index in [-0.39, 0.29) is 0 Å². The third kappa shape index (κ3) is 3.12. The van der Waals surface area contributed by atoms with Gasteiger partial charge < -0.3 is 0 Å². The number of benzene rings is 1. The number of nitrogens with zero attached hydrogens (tertiary/aromatic N) is 1. The molecule has 13 heavy (non-hydrogen) atoms. The fourth-order valence-corrected chi connectivity index (χ4v) is 1.72. The average molecular weight is 242 g/mol. The van der Waals surface area contributed by atoms with Gasteiger partial charge in [0, 0.05) is 11.0 Å². The SMILES string of the molecule is CCN(CC)Cc1ccccc1Br. The third-order valence-corrected chi connectivity index (χ3v) is 3.02. The molecule has 1 rings (SSSR count). The van der Waals surface area contributed by atoms with Crippen molar-refractivity contribution in [3.63, 3.8) is 0 Å². The summed E-state index contributed by atoms with van der Waals surface area (Å²) in [6, 6.07) is 8.40. The van der Waals surface area contributed by atoms with Crippen LogP contribution in [-0.2, 0) is 6.54 Å². The van der Waals surface area contributed by atoms with Crippen LogP contribution in [0.4, 0.5) is 0 Å². The van der Waals surface area contributed by atoms with Gasteiger partial charge in [0.1, 0.15) is 0 Å². The summed E-state index contributed by atoms with van der Waals surface area (Å²) in [6.07, 6.45) is 0. The smallest absolute Gasteiger partial charge is 0.0244 e. The summed E-state index contributed by atoms with van der Waals surface area (Å²) in [4.78, 5) is 2.40. The van der Waals surface area contributed by atoms with Gasteiger partial charge in [0.05, 0.1) is 0 Å². The normalized spacial score (nSPS) is 10.8. The monoisotopic (exact) mass is 241 g/mol. The third-order valence-electron chi connectivity index (χ3n) is 2.25. The van der Waals surface area contributed by atoms with Crippen molar-refractivity contribution in [2.45, 2.75) is 20.4 Å². The van der Waals surface area contributed by atoms with Gasteiger partial charge in [0.15, 0.2) is 0 Å². The molecule has 0 unspecified atom stereocenters. The number of halogens is 1. The van der Waals surface area contributed by atoms with Gasteiger partial charge in [-0.2, -0.15) is 0 Å². The summed E-state index contributed by atoms with van der Waals surface area (Å²) in [6.45, 7) is 7.64. The van der Waals surface area contributed by atoms with E-state index in [1.54, 1.807) is 0 Å². The molecule has 0 radical (unpaired) electrons. The maximum atomic E-state index is 3.56. The van der Waals surface area contributed by atoms with E-state index in [4.69, 9.17) is 0 Å². The molecule has 0 spiro atoms. The topological polar surface area (TPSA) is 3.24 Å². The zero-order valence-electron chi connectivity index (χ0n) is 8.26. The maximum absolute atomic E-state index is 3.56. The van der Waals surface area contributed by atoms with Crippen LogP contribution in [0.5, 0.6) is 0 Å². The standard InChI is InChI=1S/C11H16BrN/c1-3-13(4-2)9-10-7-5-6-8-11(10)12/h5-8H,3-4,9H2,1-2H3. The van der Waals surface area contributed by atoms with Crippen LogP contribution < -0.4 is 0 Å². The Balaban J connectivity index is 2.67. The Hall–Kier alpha value is -0.340. The molecule has 0 heterocycles. The van der Waals surface area contributed by atoms with Crippen LogP contribution >= 0.6 is 15.9 Å². The highest BCUT2D eigenvalue weighted by molar-refractivity contribution is 9.10. The number of hydrogen-bond donors (Lipinski definition) is 0. The Bertz CT molecular complexity index is 256.